The molecule has 1 rings (SSSR count). The lowest BCUT2D eigenvalue weighted by atomic mass is 10.6. The number of nitrogens with zero attached hydrogens (tertiary/aromatic N) is 3. The average Bonchev–Trinajstić information content (AvgIpc) is 2.14. The first kappa shape index (κ1) is 13.8. The monoisotopic (exact) mass is 370 g/mol. The zero-order chi connectivity index (χ0) is 12.8. The Labute approximate surface area is 112 Å². The van der Waals surface area contributed by atoms with Crippen molar-refractivity contribution < 1.29 is 17.9 Å². The Morgan fingerprint density at radius 2 is 2.29 bits per heavy atom. The second kappa shape index (κ2) is 6.44. The third-order valence-electron chi connectivity index (χ3n) is 1.34. The quantitative estimate of drug-likeness (QED) is 0.630. The summed E-state index contributed by atoms with van der Waals surface area (Å²) in [6.07, 6.45) is 0. The zero-order valence-corrected chi connectivity index (χ0v) is 11.5. The molecule has 1 aromatic heterocycles. The second-order valence-electron chi connectivity index (χ2n) is 2.52. The number of hydrogen-bond donors (Lipinski definition) is 1. The molecule has 0 aliphatic carbocycles. The van der Waals surface area contributed by atoms with Crippen molar-refractivity contribution in [3.63, 3.8) is 0 Å². The van der Waals surface area contributed by atoms with Gasteiger partial charge in [0.1, 0.15) is 3.70 Å². The minimum Gasteiger partial charge on any atom is -0.478 e. The number of hydrogen-bond acceptors (Lipinski definition) is 6. The SMILES string of the molecule is CCOc1cc(I)nc(NC(=O)N=S(=O)=O)n1. The fraction of sp³-hybridized carbons (Fsp3) is 0.286. The van der Waals surface area contributed by atoms with E-state index in [-0.39, 0.29) is 11.8 Å². The molecule has 0 saturated heterocycles. The van der Waals surface area contributed by atoms with Crippen LogP contribution < -0.4 is 10.1 Å². The lowest BCUT2D eigenvalue weighted by Crippen LogP contribution is -2.10. The Bertz CT molecular complexity index is 551. The molecular formula is C7H7IN4O4S. The van der Waals surface area contributed by atoms with E-state index in [1.807, 2.05) is 22.6 Å². The van der Waals surface area contributed by atoms with E-state index in [1.54, 1.807) is 13.0 Å². The third kappa shape index (κ3) is 5.04. The van der Waals surface area contributed by atoms with E-state index in [2.05, 4.69) is 19.6 Å². The summed E-state index contributed by atoms with van der Waals surface area (Å²) in [6, 6.07) is 0.505. The van der Waals surface area contributed by atoms with Crippen LogP contribution in [0.25, 0.3) is 0 Å². The molecule has 92 valence electrons. The summed E-state index contributed by atoms with van der Waals surface area (Å²) >= 11 is 1.91. The van der Waals surface area contributed by atoms with Gasteiger partial charge in [0.05, 0.1) is 6.61 Å². The topological polar surface area (TPSA) is 111 Å². The Balaban J connectivity index is 2.91. The third-order valence-corrected chi connectivity index (χ3v) is 2.21. The molecule has 0 fully saturated rings. The maximum Gasteiger partial charge on any atom is 0.362 e. The fourth-order valence-corrected chi connectivity index (χ4v) is 1.54. The molecule has 0 saturated carbocycles. The molecule has 1 aromatic rings. The van der Waals surface area contributed by atoms with Crippen LogP contribution in [0.1, 0.15) is 6.92 Å². The van der Waals surface area contributed by atoms with Crippen molar-refractivity contribution in [2.24, 2.45) is 4.36 Å². The van der Waals surface area contributed by atoms with E-state index in [9.17, 15) is 13.2 Å². The van der Waals surface area contributed by atoms with Crippen LogP contribution in [-0.2, 0) is 10.5 Å². The Morgan fingerprint density at radius 1 is 1.59 bits per heavy atom. The predicted octanol–water partition coefficient (Wildman–Crippen LogP) is 1.07. The maximum absolute atomic E-state index is 11.0. The molecule has 0 aliphatic heterocycles. The molecule has 2 amide bonds. The van der Waals surface area contributed by atoms with Gasteiger partial charge in [-0.15, -0.1) is 0 Å². The molecule has 0 radical (unpaired) electrons. The van der Waals surface area contributed by atoms with Gasteiger partial charge in [-0.1, -0.05) is 4.36 Å². The molecular weight excluding hydrogens is 363 g/mol. The van der Waals surface area contributed by atoms with Crippen LogP contribution in [0.5, 0.6) is 5.88 Å². The van der Waals surface area contributed by atoms with Crippen molar-refractivity contribution in [3.05, 3.63) is 9.77 Å². The zero-order valence-electron chi connectivity index (χ0n) is 8.55. The number of rotatable bonds is 3. The van der Waals surface area contributed by atoms with Gasteiger partial charge in [0.25, 0.3) is 0 Å². The van der Waals surface area contributed by atoms with Crippen LogP contribution in [0.3, 0.4) is 0 Å². The van der Waals surface area contributed by atoms with Crippen molar-refractivity contribution in [1.29, 1.82) is 0 Å². The highest BCUT2D eigenvalue weighted by Gasteiger charge is 2.07. The largest absolute Gasteiger partial charge is 0.478 e. The van der Waals surface area contributed by atoms with Crippen LogP contribution in [-0.4, -0.2) is 31.0 Å². The van der Waals surface area contributed by atoms with E-state index in [0.29, 0.717) is 10.3 Å². The Kier molecular flexibility index (Phi) is 5.21. The lowest BCUT2D eigenvalue weighted by molar-refractivity contribution is 0.259. The number of carbonyl (C=O) groups excluding carboxylic acids is 1. The fourth-order valence-electron chi connectivity index (χ4n) is 0.861. The minimum absolute atomic E-state index is 0.0699. The van der Waals surface area contributed by atoms with E-state index in [0.717, 1.165) is 0 Å². The summed E-state index contributed by atoms with van der Waals surface area (Å²) in [5, 5.41) is 2.11. The molecule has 8 nitrogen and oxygen atoms in total. The molecule has 0 bridgehead atoms. The second-order valence-corrected chi connectivity index (χ2v) is 4.25. The number of carbonyl (C=O) groups is 1. The summed E-state index contributed by atoms with van der Waals surface area (Å²) in [7, 11) is -2.81. The first-order valence-corrected chi connectivity index (χ1v) is 6.41. The van der Waals surface area contributed by atoms with Crippen LogP contribution in [0.2, 0.25) is 0 Å². The summed E-state index contributed by atoms with van der Waals surface area (Å²) < 4.78 is 28.7. The number of ether oxygens (including phenoxy) is 1. The molecule has 0 atom stereocenters. The van der Waals surface area contributed by atoms with Gasteiger partial charge < -0.3 is 4.74 Å². The highest BCUT2D eigenvalue weighted by atomic mass is 127. The van der Waals surface area contributed by atoms with Crippen LogP contribution in [0.15, 0.2) is 10.4 Å². The van der Waals surface area contributed by atoms with Crippen LogP contribution in [0, 0.1) is 3.70 Å². The van der Waals surface area contributed by atoms with Gasteiger partial charge in [-0.05, 0) is 29.5 Å². The minimum atomic E-state index is -2.81. The van der Waals surface area contributed by atoms with E-state index < -0.39 is 16.5 Å². The molecule has 0 spiro atoms. The van der Waals surface area contributed by atoms with Gasteiger partial charge in [0.2, 0.25) is 11.8 Å². The first-order valence-electron chi connectivity index (χ1n) is 4.30. The average molecular weight is 370 g/mol. The molecule has 1 heterocycles. The smallest absolute Gasteiger partial charge is 0.362 e. The van der Waals surface area contributed by atoms with Crippen molar-refractivity contribution in [3.8, 4) is 5.88 Å². The molecule has 10 heteroatoms. The summed E-state index contributed by atoms with van der Waals surface area (Å²) in [5.41, 5.74) is 0. The van der Waals surface area contributed by atoms with Crippen LogP contribution in [0.4, 0.5) is 10.7 Å². The highest BCUT2D eigenvalue weighted by Crippen LogP contribution is 2.14. The number of amides is 2. The Hall–Kier alpha value is -1.30. The van der Waals surface area contributed by atoms with E-state index >= 15 is 0 Å². The summed E-state index contributed by atoms with van der Waals surface area (Å²) in [4.78, 5) is 18.7. The Morgan fingerprint density at radius 3 is 2.88 bits per heavy atom. The first-order chi connectivity index (χ1) is 8.01. The van der Waals surface area contributed by atoms with Gasteiger partial charge in [-0.2, -0.15) is 13.4 Å². The van der Waals surface area contributed by atoms with Crippen molar-refractivity contribution >= 4 is 45.1 Å². The normalized spacial score (nSPS) is 9.53. The van der Waals surface area contributed by atoms with Gasteiger partial charge in [-0.3, -0.25) is 5.32 Å². The van der Waals surface area contributed by atoms with Gasteiger partial charge in [-0.25, -0.2) is 9.78 Å². The van der Waals surface area contributed by atoms with Crippen LogP contribution >= 0.6 is 22.6 Å². The van der Waals surface area contributed by atoms with Crippen molar-refractivity contribution in [2.75, 3.05) is 11.9 Å². The highest BCUT2D eigenvalue weighted by molar-refractivity contribution is 14.1. The molecule has 1 N–H and O–H groups in total. The summed E-state index contributed by atoms with van der Waals surface area (Å²) in [6.45, 7) is 2.19. The summed E-state index contributed by atoms with van der Waals surface area (Å²) in [5.74, 6) is 0.213. The molecule has 0 unspecified atom stereocenters. The van der Waals surface area contributed by atoms with Crippen molar-refractivity contribution in [1.82, 2.24) is 9.97 Å². The van der Waals surface area contributed by atoms with Gasteiger partial charge in [0.15, 0.2) is 0 Å². The van der Waals surface area contributed by atoms with Crippen molar-refractivity contribution in [2.45, 2.75) is 6.92 Å². The van der Waals surface area contributed by atoms with Gasteiger partial charge in [0, 0.05) is 6.07 Å². The van der Waals surface area contributed by atoms with E-state index in [4.69, 9.17) is 4.74 Å². The standard InChI is InChI=1S/C7H7IN4O4S/c1-2-16-5-3-4(8)9-6(10-5)11-7(13)12-17(14)15/h3H,2H2,1H3,(H,9,10,11,13). The number of urea groups is 1. The number of halogens is 1. The maximum atomic E-state index is 11.0. The predicted molar refractivity (Wildman–Crippen MR) is 66.3 cm³/mol. The number of nitrogens with one attached hydrogen (secondary N) is 1. The molecule has 0 aliphatic rings. The molecule has 0 aromatic carbocycles. The number of aromatic nitrogens is 2. The number of anilines is 1. The van der Waals surface area contributed by atoms with E-state index in [1.165, 1.54) is 0 Å². The lowest BCUT2D eigenvalue weighted by Gasteiger charge is -2.04. The molecule has 17 heavy (non-hydrogen) atoms. The van der Waals surface area contributed by atoms with Gasteiger partial charge >= 0.3 is 16.5 Å².